The third kappa shape index (κ3) is 7.59. The van der Waals surface area contributed by atoms with Crippen LogP contribution in [0.15, 0.2) is 34.5 Å². The number of hydrogen-bond acceptors (Lipinski definition) is 4. The second-order valence-electron chi connectivity index (χ2n) is 5.84. The standard InChI is InChI=1S/C19H29IN6S2/c1-6-25(7-2)18(27)23-21-14(5)17(15-10-12-16(20)13-11-15)22-24-19(28)26(8-3)9-4/h10-13H,6-9H2,1-5H3,(H,23,27)(H,24,28)/b21-14+,22-17-. The van der Waals surface area contributed by atoms with E-state index in [1.165, 1.54) is 0 Å². The van der Waals surface area contributed by atoms with Gasteiger partial charge in [0.25, 0.3) is 0 Å². The second kappa shape index (κ2) is 13.0. The van der Waals surface area contributed by atoms with Gasteiger partial charge in [-0.25, -0.2) is 0 Å². The normalized spacial score (nSPS) is 11.8. The Hall–Kier alpha value is -1.33. The molecule has 0 radical (unpaired) electrons. The Morgan fingerprint density at radius 3 is 1.71 bits per heavy atom. The van der Waals surface area contributed by atoms with E-state index >= 15 is 0 Å². The first-order valence-electron chi connectivity index (χ1n) is 9.35. The number of nitrogens with one attached hydrogen (secondary N) is 2. The minimum Gasteiger partial charge on any atom is -0.348 e. The van der Waals surface area contributed by atoms with Gasteiger partial charge in [0, 0.05) is 35.3 Å². The molecule has 9 heteroatoms. The molecule has 0 aliphatic rings. The van der Waals surface area contributed by atoms with Gasteiger partial charge in [0.1, 0.15) is 5.71 Å². The molecular weight excluding hydrogens is 503 g/mol. The molecule has 0 unspecified atom stereocenters. The zero-order valence-electron chi connectivity index (χ0n) is 17.1. The lowest BCUT2D eigenvalue weighted by molar-refractivity contribution is 0.457. The van der Waals surface area contributed by atoms with Gasteiger partial charge in [-0.3, -0.25) is 10.9 Å². The predicted molar refractivity (Wildman–Crippen MR) is 136 cm³/mol. The van der Waals surface area contributed by atoms with E-state index in [4.69, 9.17) is 24.4 Å². The summed E-state index contributed by atoms with van der Waals surface area (Å²) < 4.78 is 1.16. The number of halogens is 1. The second-order valence-corrected chi connectivity index (χ2v) is 7.86. The molecule has 0 aliphatic carbocycles. The first-order valence-corrected chi connectivity index (χ1v) is 11.2. The van der Waals surface area contributed by atoms with E-state index in [0.717, 1.165) is 35.3 Å². The Kier molecular flexibility index (Phi) is 11.5. The number of thiocarbonyl (C=S) groups is 2. The van der Waals surface area contributed by atoms with Gasteiger partial charge in [-0.15, -0.1) is 0 Å². The van der Waals surface area contributed by atoms with Crippen molar-refractivity contribution < 1.29 is 0 Å². The largest absolute Gasteiger partial charge is 0.348 e. The smallest absolute Gasteiger partial charge is 0.189 e. The molecular formula is C19H29IN6S2. The molecule has 1 rings (SSSR count). The highest BCUT2D eigenvalue weighted by Crippen LogP contribution is 2.09. The number of nitrogens with zero attached hydrogens (tertiary/aromatic N) is 4. The number of hydrazone groups is 2. The van der Waals surface area contributed by atoms with Gasteiger partial charge >= 0.3 is 0 Å². The van der Waals surface area contributed by atoms with Crippen LogP contribution >= 0.6 is 47.0 Å². The molecule has 0 saturated heterocycles. The highest BCUT2D eigenvalue weighted by atomic mass is 127. The van der Waals surface area contributed by atoms with Crippen LogP contribution in [-0.4, -0.2) is 57.6 Å². The van der Waals surface area contributed by atoms with Crippen molar-refractivity contribution in [3.63, 3.8) is 0 Å². The minimum absolute atomic E-state index is 0.590. The Morgan fingerprint density at radius 1 is 0.857 bits per heavy atom. The molecule has 0 bridgehead atoms. The summed E-state index contributed by atoms with van der Waals surface area (Å²) >= 11 is 13.1. The molecule has 0 heterocycles. The van der Waals surface area contributed by atoms with Crippen LogP contribution in [0.1, 0.15) is 40.2 Å². The average Bonchev–Trinajstić information content (AvgIpc) is 2.69. The Morgan fingerprint density at radius 2 is 1.29 bits per heavy atom. The van der Waals surface area contributed by atoms with Gasteiger partial charge < -0.3 is 9.80 Å². The summed E-state index contributed by atoms with van der Waals surface area (Å²) in [7, 11) is 0. The summed E-state index contributed by atoms with van der Waals surface area (Å²) in [6, 6.07) is 8.11. The lowest BCUT2D eigenvalue weighted by atomic mass is 10.1. The van der Waals surface area contributed by atoms with Crippen molar-refractivity contribution in [3.8, 4) is 0 Å². The monoisotopic (exact) mass is 532 g/mol. The molecule has 1 aromatic rings. The van der Waals surface area contributed by atoms with E-state index in [0.29, 0.717) is 21.6 Å². The van der Waals surface area contributed by atoms with Crippen LogP contribution in [0.3, 0.4) is 0 Å². The zero-order valence-corrected chi connectivity index (χ0v) is 20.9. The van der Waals surface area contributed by atoms with Crippen LogP contribution < -0.4 is 10.9 Å². The average molecular weight is 533 g/mol. The quantitative estimate of drug-likeness (QED) is 0.230. The number of rotatable bonds is 8. The van der Waals surface area contributed by atoms with Crippen molar-refractivity contribution in [2.75, 3.05) is 26.2 Å². The summed E-state index contributed by atoms with van der Waals surface area (Å²) in [6.45, 7) is 13.4. The van der Waals surface area contributed by atoms with E-state index in [1.807, 2.05) is 41.0 Å². The van der Waals surface area contributed by atoms with Crippen molar-refractivity contribution in [1.82, 2.24) is 20.7 Å². The maximum absolute atomic E-state index is 5.44. The molecule has 0 amide bonds. The van der Waals surface area contributed by atoms with Gasteiger partial charge in [-0.05, 0) is 93.8 Å². The molecule has 0 fully saturated rings. The van der Waals surface area contributed by atoms with Gasteiger partial charge in [-0.2, -0.15) is 10.2 Å². The van der Waals surface area contributed by atoms with Gasteiger partial charge in [-0.1, -0.05) is 12.1 Å². The lowest BCUT2D eigenvalue weighted by Gasteiger charge is -2.21. The van der Waals surface area contributed by atoms with Crippen molar-refractivity contribution >= 4 is 68.7 Å². The zero-order chi connectivity index (χ0) is 21.1. The molecule has 1 aromatic carbocycles. The highest BCUT2D eigenvalue weighted by molar-refractivity contribution is 14.1. The molecule has 0 spiro atoms. The molecule has 0 aliphatic heterocycles. The summed E-state index contributed by atoms with van der Waals surface area (Å²) in [4.78, 5) is 4.06. The van der Waals surface area contributed by atoms with Crippen LogP contribution in [0.5, 0.6) is 0 Å². The Bertz CT molecular complexity index is 710. The fourth-order valence-corrected chi connectivity index (χ4v) is 3.38. The predicted octanol–water partition coefficient (Wildman–Crippen LogP) is 3.80. The minimum atomic E-state index is 0.590. The fourth-order valence-electron chi connectivity index (χ4n) is 2.41. The fraction of sp³-hybridized carbons (Fsp3) is 0.474. The van der Waals surface area contributed by atoms with Crippen LogP contribution in [0.25, 0.3) is 0 Å². The van der Waals surface area contributed by atoms with Crippen molar-refractivity contribution in [2.45, 2.75) is 34.6 Å². The maximum Gasteiger partial charge on any atom is 0.189 e. The molecule has 0 saturated carbocycles. The summed E-state index contributed by atoms with van der Waals surface area (Å²) in [5.74, 6) is 0. The van der Waals surface area contributed by atoms with Crippen molar-refractivity contribution in [1.29, 1.82) is 0 Å². The SMILES string of the molecule is CCN(CC)C(=S)N/N=C(C)/C(=N/NC(=S)N(CC)CC)c1ccc(I)cc1. The first kappa shape index (κ1) is 24.7. The van der Waals surface area contributed by atoms with Crippen LogP contribution in [-0.2, 0) is 0 Å². The van der Waals surface area contributed by atoms with Crippen LogP contribution in [0, 0.1) is 3.57 Å². The molecule has 154 valence electrons. The van der Waals surface area contributed by atoms with Crippen LogP contribution in [0.2, 0.25) is 0 Å². The summed E-state index contributed by atoms with van der Waals surface area (Å²) in [5.41, 5.74) is 8.35. The lowest BCUT2D eigenvalue weighted by Crippen LogP contribution is -2.39. The first-order chi connectivity index (χ1) is 13.4. The molecule has 0 atom stereocenters. The van der Waals surface area contributed by atoms with Crippen molar-refractivity contribution in [3.05, 3.63) is 33.4 Å². The van der Waals surface area contributed by atoms with E-state index in [1.54, 1.807) is 0 Å². The van der Waals surface area contributed by atoms with E-state index in [9.17, 15) is 0 Å². The van der Waals surface area contributed by atoms with Gasteiger partial charge in [0.2, 0.25) is 0 Å². The van der Waals surface area contributed by atoms with E-state index in [2.05, 4.69) is 71.3 Å². The van der Waals surface area contributed by atoms with E-state index < -0.39 is 0 Å². The number of hydrogen-bond donors (Lipinski definition) is 2. The maximum atomic E-state index is 5.44. The molecule has 2 N–H and O–H groups in total. The molecule has 0 aromatic heterocycles. The molecule has 6 nitrogen and oxygen atoms in total. The van der Waals surface area contributed by atoms with Crippen LogP contribution in [0.4, 0.5) is 0 Å². The summed E-state index contributed by atoms with van der Waals surface area (Å²) in [5, 5.41) is 10.2. The molecule has 28 heavy (non-hydrogen) atoms. The summed E-state index contributed by atoms with van der Waals surface area (Å²) in [6.07, 6.45) is 0. The third-order valence-electron chi connectivity index (χ3n) is 4.14. The number of benzene rings is 1. The Labute approximate surface area is 193 Å². The van der Waals surface area contributed by atoms with Gasteiger partial charge in [0.15, 0.2) is 10.2 Å². The van der Waals surface area contributed by atoms with E-state index in [-0.39, 0.29) is 0 Å². The Balaban J connectivity index is 3.11. The topological polar surface area (TPSA) is 55.3 Å². The van der Waals surface area contributed by atoms with Crippen molar-refractivity contribution in [2.24, 2.45) is 10.2 Å². The highest BCUT2D eigenvalue weighted by Gasteiger charge is 2.11. The van der Waals surface area contributed by atoms with Gasteiger partial charge in [0.05, 0.1) is 5.71 Å². The third-order valence-corrected chi connectivity index (χ3v) is 5.56.